The van der Waals surface area contributed by atoms with Gasteiger partial charge in [0.25, 0.3) is 0 Å². The predicted octanol–water partition coefficient (Wildman–Crippen LogP) is 11.1. The predicted molar refractivity (Wildman–Crippen MR) is 222 cm³/mol. The van der Waals surface area contributed by atoms with E-state index in [0.29, 0.717) is 0 Å². The van der Waals surface area contributed by atoms with Gasteiger partial charge in [0.15, 0.2) is 0 Å². The highest BCUT2D eigenvalue weighted by atomic mass is 15.2. The lowest BCUT2D eigenvalue weighted by molar-refractivity contribution is 0.578. The Bertz CT molecular complexity index is 2940. The highest BCUT2D eigenvalue weighted by Gasteiger charge is 2.27. The summed E-state index contributed by atoms with van der Waals surface area (Å²) in [4.78, 5) is 0. The van der Waals surface area contributed by atoms with Crippen LogP contribution in [0.25, 0.3) is 71.7 Å². The van der Waals surface area contributed by atoms with Crippen LogP contribution in [0.2, 0.25) is 0 Å². The van der Waals surface area contributed by atoms with Crippen molar-refractivity contribution in [3.63, 3.8) is 0 Å². The van der Waals surface area contributed by atoms with Crippen LogP contribution in [0.4, 0.5) is 0 Å². The normalized spacial score (nSPS) is 18.5. The summed E-state index contributed by atoms with van der Waals surface area (Å²) in [6.07, 6.45) is 21.9. The molecule has 3 aromatic heterocycles. The SMILES string of the molecule is C1=CCCC(n2c3cc4c5ccccc5n(C5C=C(C6C=CC=CN6)C=C(c6ccccc6)N5)c4cc3c3c2c2ccccc2n3-c2ccccc2)=C1. The second-order valence-electron chi connectivity index (χ2n) is 14.2. The van der Waals surface area contributed by atoms with E-state index >= 15 is 0 Å². The van der Waals surface area contributed by atoms with Gasteiger partial charge < -0.3 is 24.3 Å². The number of hydrogen-bond acceptors (Lipinski definition) is 2. The van der Waals surface area contributed by atoms with Gasteiger partial charge in [-0.3, -0.25) is 0 Å². The van der Waals surface area contributed by atoms with E-state index in [1.165, 1.54) is 71.5 Å². The number of dihydropyridines is 2. The van der Waals surface area contributed by atoms with E-state index in [9.17, 15) is 0 Å². The van der Waals surface area contributed by atoms with E-state index in [4.69, 9.17) is 0 Å². The first-order valence-corrected chi connectivity index (χ1v) is 18.6. The average molecular weight is 684 g/mol. The summed E-state index contributed by atoms with van der Waals surface area (Å²) in [6, 6.07) is 44.3. The molecule has 2 atom stereocenters. The van der Waals surface area contributed by atoms with E-state index in [-0.39, 0.29) is 12.2 Å². The van der Waals surface area contributed by atoms with E-state index in [1.807, 2.05) is 6.20 Å². The van der Waals surface area contributed by atoms with Crippen molar-refractivity contribution in [2.75, 3.05) is 0 Å². The third-order valence-electron chi connectivity index (χ3n) is 11.2. The summed E-state index contributed by atoms with van der Waals surface area (Å²) >= 11 is 0. The molecule has 53 heavy (non-hydrogen) atoms. The monoisotopic (exact) mass is 683 g/mol. The zero-order chi connectivity index (χ0) is 34.9. The van der Waals surface area contributed by atoms with Crippen LogP contribution in [0.1, 0.15) is 24.6 Å². The van der Waals surface area contributed by atoms with Crippen LogP contribution < -0.4 is 10.6 Å². The molecule has 0 amide bonds. The van der Waals surface area contributed by atoms with E-state index in [0.717, 1.165) is 24.2 Å². The average Bonchev–Trinajstić information content (AvgIpc) is 3.86. The van der Waals surface area contributed by atoms with Gasteiger partial charge in [0.05, 0.1) is 39.1 Å². The van der Waals surface area contributed by atoms with Gasteiger partial charge in [-0.25, -0.2) is 0 Å². The molecule has 2 aliphatic heterocycles. The fourth-order valence-corrected chi connectivity index (χ4v) is 8.85. The number of para-hydroxylation sites is 3. The largest absolute Gasteiger partial charge is 0.381 e. The molecule has 11 rings (SSSR count). The molecular formula is C48H37N5. The minimum absolute atomic E-state index is 0.0798. The summed E-state index contributed by atoms with van der Waals surface area (Å²) in [7, 11) is 0. The van der Waals surface area contributed by atoms with E-state index in [1.54, 1.807) is 0 Å². The molecule has 5 aromatic carbocycles. The van der Waals surface area contributed by atoms with E-state index < -0.39 is 0 Å². The lowest BCUT2D eigenvalue weighted by Crippen LogP contribution is -2.32. The third kappa shape index (κ3) is 4.63. The second-order valence-corrected chi connectivity index (χ2v) is 14.2. The van der Waals surface area contributed by atoms with Crippen LogP contribution >= 0.6 is 0 Å². The molecule has 254 valence electrons. The Kier molecular flexibility index (Phi) is 6.74. The molecule has 0 saturated carbocycles. The number of fused-ring (bicyclic) bond motifs is 8. The van der Waals surface area contributed by atoms with Gasteiger partial charge in [-0.2, -0.15) is 0 Å². The zero-order valence-electron chi connectivity index (χ0n) is 29.2. The van der Waals surface area contributed by atoms with Crippen molar-refractivity contribution in [2.45, 2.75) is 25.0 Å². The number of aromatic nitrogens is 3. The Morgan fingerprint density at radius 1 is 0.604 bits per heavy atom. The molecule has 0 spiro atoms. The van der Waals surface area contributed by atoms with Crippen LogP contribution in [0, 0.1) is 0 Å². The summed E-state index contributed by atoms with van der Waals surface area (Å²) in [5.41, 5.74) is 13.4. The molecule has 2 unspecified atom stereocenters. The second kappa shape index (κ2) is 11.9. The number of allylic oxidation sites excluding steroid dienone is 6. The summed E-state index contributed by atoms with van der Waals surface area (Å²) < 4.78 is 7.55. The fraction of sp³-hybridized carbons (Fsp3) is 0.0833. The van der Waals surface area contributed by atoms with Gasteiger partial charge in [-0.15, -0.1) is 0 Å². The molecule has 5 heteroatoms. The van der Waals surface area contributed by atoms with Gasteiger partial charge in [0.2, 0.25) is 0 Å². The minimum atomic E-state index is -0.130. The molecule has 8 aromatic rings. The Labute approximate surface area is 307 Å². The highest BCUT2D eigenvalue weighted by molar-refractivity contribution is 6.24. The van der Waals surface area contributed by atoms with Crippen molar-refractivity contribution in [3.05, 3.63) is 187 Å². The number of hydrogen-bond donors (Lipinski definition) is 2. The summed E-state index contributed by atoms with van der Waals surface area (Å²) in [5.74, 6) is 0. The number of nitrogens with zero attached hydrogens (tertiary/aromatic N) is 3. The summed E-state index contributed by atoms with van der Waals surface area (Å²) in [6.45, 7) is 0. The topological polar surface area (TPSA) is 38.9 Å². The van der Waals surface area contributed by atoms with Crippen LogP contribution in [-0.2, 0) is 0 Å². The number of rotatable bonds is 5. The Hall–Kier alpha value is -6.72. The van der Waals surface area contributed by atoms with Crippen LogP contribution in [0.3, 0.4) is 0 Å². The first kappa shape index (κ1) is 30.0. The van der Waals surface area contributed by atoms with Crippen molar-refractivity contribution in [3.8, 4) is 5.69 Å². The van der Waals surface area contributed by atoms with Crippen molar-refractivity contribution >= 4 is 66.0 Å². The van der Waals surface area contributed by atoms with Crippen molar-refractivity contribution in [2.24, 2.45) is 0 Å². The molecule has 0 bridgehead atoms. The molecule has 0 fully saturated rings. The maximum absolute atomic E-state index is 3.98. The molecular weight excluding hydrogens is 647 g/mol. The number of nitrogens with one attached hydrogen (secondary N) is 2. The molecule has 5 nitrogen and oxygen atoms in total. The van der Waals surface area contributed by atoms with E-state index in [2.05, 4.69) is 194 Å². The lowest BCUT2D eigenvalue weighted by Gasteiger charge is -2.30. The molecule has 0 saturated heterocycles. The summed E-state index contributed by atoms with van der Waals surface area (Å²) in [5, 5.41) is 12.6. The molecule has 2 N–H and O–H groups in total. The standard InChI is InChI=1S/C48H37N5/c1-4-16-32(17-5-1)41-28-33(40-24-14-15-27-49-40)29-46(50-41)53-42-25-12-10-22-36(42)38-30-45-39(31-44(38)53)48-47(52(45)35-20-8-3-9-21-35)37-23-11-13-26-43(37)51(48)34-18-6-2-7-19-34/h1-8,10-20,22-31,40,46,49-50H,9,21H2. The molecule has 1 aliphatic carbocycles. The molecule has 0 radical (unpaired) electrons. The Balaban J connectivity index is 1.24. The maximum Gasteiger partial charge on any atom is 0.124 e. The van der Waals surface area contributed by atoms with Gasteiger partial charge in [0.1, 0.15) is 6.17 Å². The fourth-order valence-electron chi connectivity index (χ4n) is 8.85. The van der Waals surface area contributed by atoms with Gasteiger partial charge in [-0.05, 0) is 90.9 Å². The minimum Gasteiger partial charge on any atom is -0.381 e. The third-order valence-corrected chi connectivity index (χ3v) is 11.2. The van der Waals surface area contributed by atoms with Crippen LogP contribution in [0.15, 0.2) is 182 Å². The zero-order valence-corrected chi connectivity index (χ0v) is 29.2. The molecule has 5 heterocycles. The first-order valence-electron chi connectivity index (χ1n) is 18.6. The van der Waals surface area contributed by atoms with Crippen LogP contribution in [0.5, 0.6) is 0 Å². The lowest BCUT2D eigenvalue weighted by atomic mass is 9.97. The van der Waals surface area contributed by atoms with Crippen molar-refractivity contribution in [1.82, 2.24) is 24.3 Å². The van der Waals surface area contributed by atoms with Gasteiger partial charge >= 0.3 is 0 Å². The maximum atomic E-state index is 3.98. The first-order chi connectivity index (χ1) is 26.3. The smallest absolute Gasteiger partial charge is 0.124 e. The highest BCUT2D eigenvalue weighted by Crippen LogP contribution is 2.45. The van der Waals surface area contributed by atoms with Gasteiger partial charge in [0, 0.05) is 38.6 Å². The quantitative estimate of drug-likeness (QED) is 0.190. The number of benzene rings is 5. The van der Waals surface area contributed by atoms with Crippen LogP contribution in [-0.4, -0.2) is 19.7 Å². The van der Waals surface area contributed by atoms with Crippen molar-refractivity contribution in [1.29, 1.82) is 0 Å². The Morgan fingerprint density at radius 3 is 2.13 bits per heavy atom. The molecule has 3 aliphatic rings. The van der Waals surface area contributed by atoms with Crippen molar-refractivity contribution < 1.29 is 0 Å². The Morgan fingerprint density at radius 2 is 1.34 bits per heavy atom. The van der Waals surface area contributed by atoms with Gasteiger partial charge in [-0.1, -0.05) is 109 Å².